The Balaban J connectivity index is 2.51. The minimum absolute atomic E-state index is 0.203. The second-order valence-electron chi connectivity index (χ2n) is 4.44. The van der Waals surface area contributed by atoms with Crippen molar-refractivity contribution in [2.24, 2.45) is 11.8 Å². The first-order valence-electron chi connectivity index (χ1n) is 5.42. The average molecular weight is 201 g/mol. The fourth-order valence-electron chi connectivity index (χ4n) is 2.31. The molecule has 1 atom stereocenters. The topological polar surface area (TPSA) is 52.4 Å². The lowest BCUT2D eigenvalue weighted by Crippen LogP contribution is -2.32. The van der Waals surface area contributed by atoms with Crippen LogP contribution >= 0.6 is 0 Å². The van der Waals surface area contributed by atoms with E-state index in [1.54, 1.807) is 0 Å². The van der Waals surface area contributed by atoms with E-state index < -0.39 is 5.09 Å². The summed E-state index contributed by atoms with van der Waals surface area (Å²) in [5.74, 6) is 0.609. The molecule has 0 heterocycles. The van der Waals surface area contributed by atoms with Crippen molar-refractivity contribution in [1.29, 1.82) is 0 Å². The predicted molar refractivity (Wildman–Crippen MR) is 53.3 cm³/mol. The normalized spacial score (nSPS) is 20.8. The molecule has 0 aliphatic heterocycles. The zero-order chi connectivity index (χ0) is 10.6. The van der Waals surface area contributed by atoms with Crippen molar-refractivity contribution in [3.8, 4) is 0 Å². The first-order chi connectivity index (χ1) is 6.61. The van der Waals surface area contributed by atoms with Crippen LogP contribution in [0.15, 0.2) is 0 Å². The minimum atomic E-state index is -0.640. The molecule has 14 heavy (non-hydrogen) atoms. The third kappa shape index (κ3) is 3.16. The largest absolute Gasteiger partial charge is 0.310 e. The summed E-state index contributed by atoms with van der Waals surface area (Å²) < 4.78 is 0. The van der Waals surface area contributed by atoms with Gasteiger partial charge in [0.15, 0.2) is 0 Å². The summed E-state index contributed by atoms with van der Waals surface area (Å²) in [6.45, 7) is 3.98. The summed E-state index contributed by atoms with van der Waals surface area (Å²) in [6, 6.07) is 0. The fourth-order valence-corrected chi connectivity index (χ4v) is 2.31. The Morgan fingerprint density at radius 3 is 2.29 bits per heavy atom. The molecule has 4 heteroatoms. The van der Waals surface area contributed by atoms with Gasteiger partial charge in [0.1, 0.15) is 6.10 Å². The van der Waals surface area contributed by atoms with E-state index >= 15 is 0 Å². The molecule has 4 nitrogen and oxygen atoms in total. The van der Waals surface area contributed by atoms with Crippen LogP contribution in [0, 0.1) is 22.0 Å². The van der Waals surface area contributed by atoms with Gasteiger partial charge in [0.05, 0.1) is 0 Å². The van der Waals surface area contributed by atoms with E-state index in [1.807, 2.05) is 13.8 Å². The van der Waals surface area contributed by atoms with Gasteiger partial charge < -0.3 is 4.84 Å². The van der Waals surface area contributed by atoms with Gasteiger partial charge in [0.25, 0.3) is 5.09 Å². The van der Waals surface area contributed by atoms with Crippen LogP contribution in [-0.4, -0.2) is 11.2 Å². The quantitative estimate of drug-likeness (QED) is 0.519. The lowest BCUT2D eigenvalue weighted by molar-refractivity contribution is -0.772. The van der Waals surface area contributed by atoms with Gasteiger partial charge in [-0.25, -0.2) is 0 Å². The average Bonchev–Trinajstić information content (AvgIpc) is 2.15. The van der Waals surface area contributed by atoms with E-state index in [1.165, 1.54) is 19.3 Å². The van der Waals surface area contributed by atoms with E-state index in [2.05, 4.69) is 0 Å². The molecule has 1 saturated carbocycles. The van der Waals surface area contributed by atoms with Crippen LogP contribution in [0.4, 0.5) is 0 Å². The van der Waals surface area contributed by atoms with Crippen LogP contribution < -0.4 is 0 Å². The Morgan fingerprint density at radius 1 is 1.29 bits per heavy atom. The molecule has 82 valence electrons. The van der Waals surface area contributed by atoms with Crippen molar-refractivity contribution >= 4 is 0 Å². The van der Waals surface area contributed by atoms with Crippen LogP contribution in [0.5, 0.6) is 0 Å². The molecule has 1 rings (SSSR count). The van der Waals surface area contributed by atoms with Crippen LogP contribution in [0.25, 0.3) is 0 Å². The molecule has 1 aliphatic rings. The van der Waals surface area contributed by atoms with E-state index in [0.29, 0.717) is 5.92 Å². The first-order valence-corrected chi connectivity index (χ1v) is 5.42. The Kier molecular flexibility index (Phi) is 4.17. The molecule has 0 aromatic carbocycles. The maximum atomic E-state index is 10.3. The number of hydrogen-bond acceptors (Lipinski definition) is 3. The third-order valence-corrected chi connectivity index (χ3v) is 2.98. The van der Waals surface area contributed by atoms with Crippen LogP contribution in [0.2, 0.25) is 0 Å². The van der Waals surface area contributed by atoms with Crippen LogP contribution in [0.1, 0.15) is 46.0 Å². The summed E-state index contributed by atoms with van der Waals surface area (Å²) in [7, 11) is 0. The molecule has 1 fully saturated rings. The third-order valence-electron chi connectivity index (χ3n) is 2.98. The highest BCUT2D eigenvalue weighted by Crippen LogP contribution is 2.31. The summed E-state index contributed by atoms with van der Waals surface area (Å²) in [4.78, 5) is 15.1. The Labute approximate surface area is 84.7 Å². The summed E-state index contributed by atoms with van der Waals surface area (Å²) in [6.07, 6.45) is 5.60. The molecule has 0 aromatic rings. The molecule has 0 spiro atoms. The lowest BCUT2D eigenvalue weighted by atomic mass is 9.81. The molecule has 1 aliphatic carbocycles. The van der Waals surface area contributed by atoms with E-state index in [0.717, 1.165) is 12.8 Å². The van der Waals surface area contributed by atoms with Crippen LogP contribution in [0.3, 0.4) is 0 Å². The monoisotopic (exact) mass is 201 g/mol. The molecule has 0 amide bonds. The van der Waals surface area contributed by atoms with Crippen molar-refractivity contribution in [2.45, 2.75) is 52.1 Å². The molecule has 1 unspecified atom stereocenters. The van der Waals surface area contributed by atoms with Crippen molar-refractivity contribution in [2.75, 3.05) is 0 Å². The smallest absolute Gasteiger partial charge is 0.294 e. The van der Waals surface area contributed by atoms with Crippen LogP contribution in [-0.2, 0) is 4.84 Å². The van der Waals surface area contributed by atoms with E-state index in [4.69, 9.17) is 4.84 Å². The SMILES string of the molecule is CC(C)C(O[N+](=O)[O-])C1CCCCC1. The van der Waals surface area contributed by atoms with Gasteiger partial charge in [-0.15, -0.1) is 10.1 Å². The van der Waals surface area contributed by atoms with Crippen molar-refractivity contribution in [3.05, 3.63) is 10.1 Å². The second-order valence-corrected chi connectivity index (χ2v) is 4.44. The van der Waals surface area contributed by atoms with Gasteiger partial charge >= 0.3 is 0 Å². The lowest BCUT2D eigenvalue weighted by Gasteiger charge is -2.30. The molecular formula is C10H19NO3. The standard InChI is InChI=1S/C10H19NO3/c1-8(2)10(14-11(12)13)9-6-4-3-5-7-9/h8-10H,3-7H2,1-2H3. The summed E-state index contributed by atoms with van der Waals surface area (Å²) in [5, 5.41) is 9.70. The molecular weight excluding hydrogens is 182 g/mol. The second kappa shape index (κ2) is 5.17. The fraction of sp³-hybridized carbons (Fsp3) is 1.00. The van der Waals surface area contributed by atoms with Gasteiger partial charge in [0, 0.05) is 0 Å². The Morgan fingerprint density at radius 2 is 1.86 bits per heavy atom. The zero-order valence-electron chi connectivity index (χ0n) is 8.94. The summed E-state index contributed by atoms with van der Waals surface area (Å²) >= 11 is 0. The number of hydrogen-bond donors (Lipinski definition) is 0. The van der Waals surface area contributed by atoms with Gasteiger partial charge in [-0.05, 0) is 24.7 Å². The highest BCUT2D eigenvalue weighted by Gasteiger charge is 2.28. The summed E-state index contributed by atoms with van der Waals surface area (Å²) in [5.41, 5.74) is 0. The minimum Gasteiger partial charge on any atom is -0.310 e. The molecule has 0 bridgehead atoms. The van der Waals surface area contributed by atoms with Crippen molar-refractivity contribution in [1.82, 2.24) is 0 Å². The molecule has 0 radical (unpaired) electrons. The maximum Gasteiger partial charge on any atom is 0.294 e. The maximum absolute atomic E-state index is 10.3. The number of nitrogens with zero attached hydrogens (tertiary/aromatic N) is 1. The van der Waals surface area contributed by atoms with Crippen molar-refractivity contribution in [3.63, 3.8) is 0 Å². The Bertz CT molecular complexity index is 188. The molecule has 0 N–H and O–H groups in total. The zero-order valence-corrected chi connectivity index (χ0v) is 8.94. The highest BCUT2D eigenvalue weighted by atomic mass is 17.0. The van der Waals surface area contributed by atoms with E-state index in [-0.39, 0.29) is 12.0 Å². The molecule has 0 saturated heterocycles. The van der Waals surface area contributed by atoms with Gasteiger partial charge in [-0.3, -0.25) is 0 Å². The Hall–Kier alpha value is -0.800. The predicted octanol–water partition coefficient (Wildman–Crippen LogP) is 2.80. The van der Waals surface area contributed by atoms with Gasteiger partial charge in [-0.1, -0.05) is 33.1 Å². The van der Waals surface area contributed by atoms with E-state index in [9.17, 15) is 10.1 Å². The highest BCUT2D eigenvalue weighted by molar-refractivity contribution is 4.75. The van der Waals surface area contributed by atoms with Gasteiger partial charge in [-0.2, -0.15) is 0 Å². The number of rotatable bonds is 4. The molecule has 0 aromatic heterocycles. The van der Waals surface area contributed by atoms with Gasteiger partial charge in [0.2, 0.25) is 0 Å². The van der Waals surface area contributed by atoms with Crippen molar-refractivity contribution < 1.29 is 9.92 Å². The first kappa shape index (κ1) is 11.3.